The molecule has 1 aliphatic rings. The lowest BCUT2D eigenvalue weighted by molar-refractivity contribution is -0.141. The zero-order chi connectivity index (χ0) is 15.4. The molecule has 1 amide bonds. The Kier molecular flexibility index (Phi) is 4.83. The number of carboxylic acid groups (broad SMARTS) is 1. The Morgan fingerprint density at radius 3 is 2.57 bits per heavy atom. The molecule has 1 fully saturated rings. The van der Waals surface area contributed by atoms with Crippen LogP contribution < -0.4 is 11.1 Å². The summed E-state index contributed by atoms with van der Waals surface area (Å²) in [4.78, 5) is 23.8. The van der Waals surface area contributed by atoms with E-state index in [2.05, 4.69) is 5.32 Å². The summed E-state index contributed by atoms with van der Waals surface area (Å²) in [6.45, 7) is 1.76. The average molecular weight is 290 g/mol. The van der Waals surface area contributed by atoms with E-state index in [-0.39, 0.29) is 11.8 Å². The second-order valence-electron chi connectivity index (χ2n) is 5.71. The van der Waals surface area contributed by atoms with Crippen LogP contribution in [0.4, 0.5) is 5.69 Å². The number of benzene rings is 1. The maximum atomic E-state index is 12.3. The highest BCUT2D eigenvalue weighted by molar-refractivity contribution is 5.98. The van der Waals surface area contributed by atoms with Crippen molar-refractivity contribution in [1.29, 1.82) is 0 Å². The number of rotatable bonds is 4. The number of carbonyl (C=O) groups is 2. The zero-order valence-corrected chi connectivity index (χ0v) is 12.3. The van der Waals surface area contributed by atoms with Gasteiger partial charge in [0.25, 0.3) is 5.91 Å². The Balaban J connectivity index is 2.14. The predicted octanol–water partition coefficient (Wildman–Crippen LogP) is 2.34. The van der Waals surface area contributed by atoms with Gasteiger partial charge in [0.1, 0.15) is 6.04 Å². The van der Waals surface area contributed by atoms with Gasteiger partial charge in [-0.15, -0.1) is 0 Å². The first-order valence-corrected chi connectivity index (χ1v) is 7.39. The van der Waals surface area contributed by atoms with Crippen LogP contribution in [-0.4, -0.2) is 23.0 Å². The number of carboxylic acids is 1. The first-order chi connectivity index (χ1) is 10.0. The van der Waals surface area contributed by atoms with Gasteiger partial charge in [-0.1, -0.05) is 25.3 Å². The van der Waals surface area contributed by atoms with E-state index < -0.39 is 12.0 Å². The van der Waals surface area contributed by atoms with Gasteiger partial charge in [0.05, 0.1) is 0 Å². The molecule has 0 heterocycles. The van der Waals surface area contributed by atoms with Crippen LogP contribution >= 0.6 is 0 Å². The van der Waals surface area contributed by atoms with Gasteiger partial charge in [0.2, 0.25) is 0 Å². The Morgan fingerprint density at radius 1 is 1.29 bits per heavy atom. The molecule has 21 heavy (non-hydrogen) atoms. The molecule has 0 spiro atoms. The first-order valence-electron chi connectivity index (χ1n) is 7.39. The van der Waals surface area contributed by atoms with Crippen LogP contribution in [0.5, 0.6) is 0 Å². The first kappa shape index (κ1) is 15.4. The van der Waals surface area contributed by atoms with E-state index >= 15 is 0 Å². The molecule has 0 saturated heterocycles. The van der Waals surface area contributed by atoms with E-state index in [0.717, 1.165) is 32.1 Å². The van der Waals surface area contributed by atoms with Crippen LogP contribution in [0.3, 0.4) is 0 Å². The largest absolute Gasteiger partial charge is 0.480 e. The predicted molar refractivity (Wildman–Crippen MR) is 81.1 cm³/mol. The highest BCUT2D eigenvalue weighted by Gasteiger charge is 2.31. The van der Waals surface area contributed by atoms with Crippen LogP contribution in [0, 0.1) is 12.8 Å². The van der Waals surface area contributed by atoms with Crippen molar-refractivity contribution in [3.8, 4) is 0 Å². The van der Waals surface area contributed by atoms with Crippen molar-refractivity contribution in [1.82, 2.24) is 5.32 Å². The molecule has 1 aromatic carbocycles. The van der Waals surface area contributed by atoms with Crippen LogP contribution in [0.25, 0.3) is 0 Å². The van der Waals surface area contributed by atoms with Crippen LogP contribution in [0.2, 0.25) is 0 Å². The molecule has 1 aromatic rings. The maximum Gasteiger partial charge on any atom is 0.326 e. The minimum Gasteiger partial charge on any atom is -0.480 e. The fraction of sp³-hybridized carbons (Fsp3) is 0.500. The number of hydrogen-bond donors (Lipinski definition) is 3. The molecule has 114 valence electrons. The molecule has 1 unspecified atom stereocenters. The van der Waals surface area contributed by atoms with Gasteiger partial charge in [0.15, 0.2) is 0 Å². The van der Waals surface area contributed by atoms with Gasteiger partial charge in [-0.2, -0.15) is 0 Å². The van der Waals surface area contributed by atoms with E-state index in [1.807, 2.05) is 0 Å². The van der Waals surface area contributed by atoms with E-state index in [9.17, 15) is 14.7 Å². The van der Waals surface area contributed by atoms with Crippen molar-refractivity contribution >= 4 is 17.6 Å². The molecular formula is C16H22N2O3. The number of aliphatic carboxylic acids is 1. The average Bonchev–Trinajstić information content (AvgIpc) is 2.48. The number of nitrogens with two attached hydrogens (primary N) is 1. The Labute approximate surface area is 124 Å². The molecule has 1 saturated carbocycles. The van der Waals surface area contributed by atoms with Crippen LogP contribution in [0.1, 0.15) is 48.0 Å². The summed E-state index contributed by atoms with van der Waals surface area (Å²) in [7, 11) is 0. The number of hydrogen-bond acceptors (Lipinski definition) is 3. The van der Waals surface area contributed by atoms with E-state index in [1.54, 1.807) is 25.1 Å². The maximum absolute atomic E-state index is 12.3. The minimum atomic E-state index is -0.961. The minimum absolute atomic E-state index is 0.0153. The monoisotopic (exact) mass is 290 g/mol. The molecule has 0 bridgehead atoms. The van der Waals surface area contributed by atoms with Gasteiger partial charge in [-0.05, 0) is 43.4 Å². The third kappa shape index (κ3) is 3.54. The summed E-state index contributed by atoms with van der Waals surface area (Å²) in [6, 6.07) is 4.27. The highest BCUT2D eigenvalue weighted by Crippen LogP contribution is 2.27. The van der Waals surface area contributed by atoms with Gasteiger partial charge < -0.3 is 16.2 Å². The summed E-state index contributed by atoms with van der Waals surface area (Å²) in [5, 5.41) is 12.1. The number of carbonyl (C=O) groups excluding carboxylic acids is 1. The smallest absolute Gasteiger partial charge is 0.326 e. The molecule has 0 aromatic heterocycles. The van der Waals surface area contributed by atoms with Crippen molar-refractivity contribution in [2.45, 2.75) is 45.1 Å². The SMILES string of the molecule is Cc1c(N)cccc1C(=O)NC(C(=O)O)C1CCCCC1. The lowest BCUT2D eigenvalue weighted by Crippen LogP contribution is -2.46. The fourth-order valence-electron chi connectivity index (χ4n) is 2.97. The second kappa shape index (κ2) is 6.61. The summed E-state index contributed by atoms with van der Waals surface area (Å²) in [5.74, 6) is -1.31. The fourth-order valence-corrected chi connectivity index (χ4v) is 2.97. The summed E-state index contributed by atoms with van der Waals surface area (Å²) in [5.41, 5.74) is 7.45. The molecule has 0 aliphatic heterocycles. The van der Waals surface area contributed by atoms with E-state index in [1.165, 1.54) is 0 Å². The Bertz CT molecular complexity index is 536. The molecule has 1 atom stereocenters. The number of nitrogens with one attached hydrogen (secondary N) is 1. The molecule has 5 heteroatoms. The third-order valence-electron chi connectivity index (χ3n) is 4.29. The quantitative estimate of drug-likeness (QED) is 0.742. The lowest BCUT2D eigenvalue weighted by Gasteiger charge is -2.28. The van der Waals surface area contributed by atoms with Crippen molar-refractivity contribution < 1.29 is 14.7 Å². The Hall–Kier alpha value is -2.04. The third-order valence-corrected chi connectivity index (χ3v) is 4.29. The van der Waals surface area contributed by atoms with Crippen molar-refractivity contribution in [3.05, 3.63) is 29.3 Å². The van der Waals surface area contributed by atoms with Crippen LogP contribution in [0.15, 0.2) is 18.2 Å². The van der Waals surface area contributed by atoms with Gasteiger partial charge >= 0.3 is 5.97 Å². The Morgan fingerprint density at radius 2 is 1.95 bits per heavy atom. The molecular weight excluding hydrogens is 268 g/mol. The molecule has 4 N–H and O–H groups in total. The topological polar surface area (TPSA) is 92.4 Å². The summed E-state index contributed by atoms with van der Waals surface area (Å²) in [6.07, 6.45) is 4.91. The molecule has 2 rings (SSSR count). The van der Waals surface area contributed by atoms with Gasteiger partial charge in [-0.3, -0.25) is 4.79 Å². The number of amides is 1. The van der Waals surface area contributed by atoms with Crippen LogP contribution in [-0.2, 0) is 4.79 Å². The number of anilines is 1. The zero-order valence-electron chi connectivity index (χ0n) is 12.3. The lowest BCUT2D eigenvalue weighted by atomic mass is 9.83. The molecule has 1 aliphatic carbocycles. The second-order valence-corrected chi connectivity index (χ2v) is 5.71. The standard InChI is InChI=1S/C16H22N2O3/c1-10-12(8-5-9-13(10)17)15(19)18-14(16(20)21)11-6-3-2-4-7-11/h5,8-9,11,14H,2-4,6-7,17H2,1H3,(H,18,19)(H,20,21). The highest BCUT2D eigenvalue weighted by atomic mass is 16.4. The summed E-state index contributed by atoms with van der Waals surface area (Å²) < 4.78 is 0. The van der Waals surface area contributed by atoms with Crippen molar-refractivity contribution in [2.24, 2.45) is 5.92 Å². The van der Waals surface area contributed by atoms with Gasteiger partial charge in [0, 0.05) is 11.3 Å². The van der Waals surface area contributed by atoms with E-state index in [0.29, 0.717) is 16.8 Å². The van der Waals surface area contributed by atoms with Crippen molar-refractivity contribution in [2.75, 3.05) is 5.73 Å². The molecule has 0 radical (unpaired) electrons. The normalized spacial score (nSPS) is 17.2. The van der Waals surface area contributed by atoms with E-state index in [4.69, 9.17) is 5.73 Å². The summed E-state index contributed by atoms with van der Waals surface area (Å²) >= 11 is 0. The van der Waals surface area contributed by atoms with Crippen molar-refractivity contribution in [3.63, 3.8) is 0 Å². The van der Waals surface area contributed by atoms with Gasteiger partial charge in [-0.25, -0.2) is 4.79 Å². The number of nitrogen functional groups attached to an aromatic ring is 1. The molecule has 5 nitrogen and oxygen atoms in total.